The number of carbonyl (C=O) groups excluding carboxylic acids is 3. The lowest BCUT2D eigenvalue weighted by Crippen LogP contribution is -2.36. The van der Waals surface area contributed by atoms with E-state index in [1.165, 1.54) is 18.2 Å². The Balaban J connectivity index is 1.47. The molecular formula is C25H20N2O6S. The van der Waals surface area contributed by atoms with E-state index in [0.29, 0.717) is 22.8 Å². The van der Waals surface area contributed by atoms with E-state index in [4.69, 9.17) is 9.52 Å². The maximum absolute atomic E-state index is 12.8. The van der Waals surface area contributed by atoms with Crippen molar-refractivity contribution in [1.29, 1.82) is 0 Å². The van der Waals surface area contributed by atoms with E-state index < -0.39 is 29.6 Å². The molecule has 2 aromatic carbocycles. The second-order valence-electron chi connectivity index (χ2n) is 7.72. The van der Waals surface area contributed by atoms with Crippen molar-refractivity contribution in [3.8, 4) is 11.3 Å². The number of benzene rings is 2. The largest absolute Gasteiger partial charge is 0.478 e. The standard InChI is InChI=1S/C25H20N2O6S/c1-14-6-7-15(2)19(10-14)26-22(28)13-27-23(29)21(34-25(27)32)12-18-8-9-20(33-18)16-4-3-5-17(11-16)24(30)31/h3-12H,13H2,1-2H3,(H,26,28)(H,30,31)/b21-12+. The molecule has 0 saturated carbocycles. The van der Waals surface area contributed by atoms with Gasteiger partial charge in [-0.3, -0.25) is 19.3 Å². The quantitative estimate of drug-likeness (QED) is 0.484. The van der Waals surface area contributed by atoms with Gasteiger partial charge in [0, 0.05) is 17.3 Å². The Morgan fingerprint density at radius 1 is 1.09 bits per heavy atom. The summed E-state index contributed by atoms with van der Waals surface area (Å²) in [4.78, 5) is 49.8. The maximum atomic E-state index is 12.8. The molecule has 34 heavy (non-hydrogen) atoms. The Morgan fingerprint density at radius 2 is 1.88 bits per heavy atom. The number of hydrogen-bond donors (Lipinski definition) is 2. The second-order valence-corrected chi connectivity index (χ2v) is 8.72. The Bertz CT molecular complexity index is 1360. The molecule has 1 aliphatic rings. The monoisotopic (exact) mass is 476 g/mol. The third-order valence-corrected chi connectivity index (χ3v) is 6.04. The number of nitrogens with one attached hydrogen (secondary N) is 1. The molecule has 0 aliphatic carbocycles. The molecule has 3 aromatic rings. The van der Waals surface area contributed by atoms with Crippen molar-refractivity contribution in [1.82, 2.24) is 4.90 Å². The van der Waals surface area contributed by atoms with Gasteiger partial charge in [0.25, 0.3) is 11.1 Å². The van der Waals surface area contributed by atoms with Crippen LogP contribution in [0.4, 0.5) is 10.5 Å². The van der Waals surface area contributed by atoms with E-state index >= 15 is 0 Å². The van der Waals surface area contributed by atoms with Crippen LogP contribution in [0.1, 0.15) is 27.2 Å². The molecule has 2 N–H and O–H groups in total. The molecule has 0 spiro atoms. The molecule has 1 aliphatic heterocycles. The van der Waals surface area contributed by atoms with Crippen LogP contribution in [0.3, 0.4) is 0 Å². The number of nitrogens with zero attached hydrogens (tertiary/aromatic N) is 1. The van der Waals surface area contributed by atoms with Crippen molar-refractivity contribution in [2.24, 2.45) is 0 Å². The maximum Gasteiger partial charge on any atom is 0.335 e. The lowest BCUT2D eigenvalue weighted by molar-refractivity contribution is -0.127. The highest BCUT2D eigenvalue weighted by atomic mass is 32.2. The Kier molecular flexibility index (Phi) is 6.38. The Morgan fingerprint density at radius 3 is 2.65 bits per heavy atom. The van der Waals surface area contributed by atoms with Gasteiger partial charge in [-0.05, 0) is 67.1 Å². The SMILES string of the molecule is Cc1ccc(C)c(NC(=O)CN2C(=O)S/C(=C/c3ccc(-c4cccc(C(=O)O)c4)o3)C2=O)c1. The average Bonchev–Trinajstić information content (AvgIpc) is 3.37. The van der Waals surface area contributed by atoms with Crippen LogP contribution in [0, 0.1) is 13.8 Å². The summed E-state index contributed by atoms with van der Waals surface area (Å²) in [6, 6.07) is 15.2. The number of amides is 3. The molecule has 8 nitrogen and oxygen atoms in total. The van der Waals surface area contributed by atoms with Gasteiger partial charge >= 0.3 is 5.97 Å². The first-order valence-corrected chi connectivity index (χ1v) is 11.1. The summed E-state index contributed by atoms with van der Waals surface area (Å²) in [6.45, 7) is 3.35. The van der Waals surface area contributed by atoms with Crippen molar-refractivity contribution in [3.05, 3.63) is 82.0 Å². The summed E-state index contributed by atoms with van der Waals surface area (Å²) < 4.78 is 5.73. The fourth-order valence-corrected chi connectivity index (χ4v) is 4.18. The van der Waals surface area contributed by atoms with E-state index in [-0.39, 0.29) is 10.5 Å². The minimum absolute atomic E-state index is 0.121. The number of furan rings is 1. The van der Waals surface area contributed by atoms with Gasteiger partial charge < -0.3 is 14.8 Å². The highest BCUT2D eigenvalue weighted by Crippen LogP contribution is 2.33. The van der Waals surface area contributed by atoms with Gasteiger partial charge in [0.05, 0.1) is 10.5 Å². The van der Waals surface area contributed by atoms with Crippen LogP contribution in [0.5, 0.6) is 0 Å². The minimum atomic E-state index is -1.05. The lowest BCUT2D eigenvalue weighted by Gasteiger charge is -2.14. The van der Waals surface area contributed by atoms with Crippen molar-refractivity contribution < 1.29 is 28.7 Å². The summed E-state index contributed by atoms with van der Waals surface area (Å²) in [5.41, 5.74) is 3.16. The summed E-state index contributed by atoms with van der Waals surface area (Å²) >= 11 is 0.723. The van der Waals surface area contributed by atoms with Gasteiger partial charge in [-0.25, -0.2) is 4.79 Å². The molecular weight excluding hydrogens is 456 g/mol. The van der Waals surface area contributed by atoms with E-state index in [1.54, 1.807) is 24.3 Å². The predicted octanol–water partition coefficient (Wildman–Crippen LogP) is 4.94. The van der Waals surface area contributed by atoms with Crippen molar-refractivity contribution in [2.75, 3.05) is 11.9 Å². The Hall–Kier alpha value is -4.11. The van der Waals surface area contributed by atoms with Gasteiger partial charge in [0.2, 0.25) is 5.91 Å². The van der Waals surface area contributed by atoms with Crippen LogP contribution >= 0.6 is 11.8 Å². The number of anilines is 1. The molecule has 4 rings (SSSR count). The first kappa shape index (κ1) is 23.1. The third-order valence-electron chi connectivity index (χ3n) is 5.14. The minimum Gasteiger partial charge on any atom is -0.478 e. The van der Waals surface area contributed by atoms with Gasteiger partial charge in [-0.2, -0.15) is 0 Å². The Labute approximate surface area is 199 Å². The number of thioether (sulfide) groups is 1. The van der Waals surface area contributed by atoms with Gasteiger partial charge in [0.1, 0.15) is 18.1 Å². The number of rotatable bonds is 6. The molecule has 1 fully saturated rings. The summed E-state index contributed by atoms with van der Waals surface area (Å²) in [5.74, 6) is -1.38. The third kappa shape index (κ3) is 4.94. The average molecular weight is 477 g/mol. The van der Waals surface area contributed by atoms with Gasteiger partial charge in [-0.15, -0.1) is 0 Å². The molecule has 0 atom stereocenters. The fraction of sp³-hybridized carbons (Fsp3) is 0.120. The highest BCUT2D eigenvalue weighted by Gasteiger charge is 2.36. The summed E-state index contributed by atoms with van der Waals surface area (Å²) in [5, 5.41) is 11.4. The topological polar surface area (TPSA) is 117 Å². The van der Waals surface area contributed by atoms with Crippen LogP contribution in [0.25, 0.3) is 17.4 Å². The number of aryl methyl sites for hydroxylation is 2. The normalized spacial score (nSPS) is 14.6. The predicted molar refractivity (Wildman–Crippen MR) is 128 cm³/mol. The van der Waals surface area contributed by atoms with Crippen LogP contribution in [-0.4, -0.2) is 39.6 Å². The summed E-state index contributed by atoms with van der Waals surface area (Å²) in [7, 11) is 0. The second kappa shape index (κ2) is 9.40. The molecule has 0 radical (unpaired) electrons. The van der Waals surface area contributed by atoms with Crippen LogP contribution in [0.15, 0.2) is 63.9 Å². The molecule has 0 unspecified atom stereocenters. The van der Waals surface area contributed by atoms with Crippen LogP contribution in [0.2, 0.25) is 0 Å². The van der Waals surface area contributed by atoms with Gasteiger partial charge in [0.15, 0.2) is 0 Å². The zero-order valence-electron chi connectivity index (χ0n) is 18.3. The number of imide groups is 1. The van der Waals surface area contributed by atoms with E-state index in [1.807, 2.05) is 32.0 Å². The highest BCUT2D eigenvalue weighted by molar-refractivity contribution is 8.18. The number of hydrogen-bond acceptors (Lipinski definition) is 6. The number of aromatic carboxylic acids is 1. The first-order valence-electron chi connectivity index (χ1n) is 10.3. The van der Waals surface area contributed by atoms with E-state index in [0.717, 1.165) is 27.8 Å². The molecule has 9 heteroatoms. The van der Waals surface area contributed by atoms with Gasteiger partial charge in [-0.1, -0.05) is 24.3 Å². The van der Waals surface area contributed by atoms with Crippen LogP contribution < -0.4 is 5.32 Å². The van der Waals surface area contributed by atoms with E-state index in [2.05, 4.69) is 5.32 Å². The zero-order chi connectivity index (χ0) is 24.4. The van der Waals surface area contributed by atoms with Crippen molar-refractivity contribution in [2.45, 2.75) is 13.8 Å². The molecule has 1 saturated heterocycles. The fourth-order valence-electron chi connectivity index (χ4n) is 3.36. The molecule has 172 valence electrons. The zero-order valence-corrected chi connectivity index (χ0v) is 19.1. The molecule has 2 heterocycles. The smallest absolute Gasteiger partial charge is 0.335 e. The van der Waals surface area contributed by atoms with Crippen LogP contribution in [-0.2, 0) is 9.59 Å². The lowest BCUT2D eigenvalue weighted by atomic mass is 10.1. The van der Waals surface area contributed by atoms with E-state index in [9.17, 15) is 19.2 Å². The number of carbonyl (C=O) groups is 4. The summed E-state index contributed by atoms with van der Waals surface area (Å²) in [6.07, 6.45) is 1.43. The molecule has 1 aromatic heterocycles. The number of carboxylic acids is 1. The van der Waals surface area contributed by atoms with Crippen molar-refractivity contribution in [3.63, 3.8) is 0 Å². The first-order chi connectivity index (χ1) is 16.2. The van der Waals surface area contributed by atoms with Crippen molar-refractivity contribution >= 4 is 46.5 Å². The molecule has 3 amide bonds. The number of carboxylic acid groups (broad SMARTS) is 1. The molecule has 0 bridgehead atoms.